The number of hydrogen-bond donors (Lipinski definition) is 1. The lowest BCUT2D eigenvalue weighted by atomic mass is 10.1. The maximum Gasteiger partial charge on any atom is 0.132 e. The van der Waals surface area contributed by atoms with Crippen molar-refractivity contribution < 1.29 is 9.84 Å². The number of benzene rings is 1. The first-order chi connectivity index (χ1) is 10.0. The molecule has 0 radical (unpaired) electrons. The fourth-order valence-electron chi connectivity index (χ4n) is 2.13. The molecule has 114 valence electrons. The molecule has 0 bridgehead atoms. The van der Waals surface area contributed by atoms with Gasteiger partial charge >= 0.3 is 0 Å². The molecule has 0 amide bonds. The SMILES string of the molecule is CCC(C)n1ccc(COc2ccc(C(C)O)cc2C)n1. The first-order valence-electron chi connectivity index (χ1n) is 7.46. The lowest BCUT2D eigenvalue weighted by Crippen LogP contribution is -2.06. The van der Waals surface area contributed by atoms with E-state index in [1.54, 1.807) is 6.92 Å². The van der Waals surface area contributed by atoms with Crippen molar-refractivity contribution in [2.45, 2.75) is 52.9 Å². The maximum absolute atomic E-state index is 9.57. The molecule has 0 spiro atoms. The van der Waals surface area contributed by atoms with Crippen LogP contribution in [0.5, 0.6) is 5.75 Å². The van der Waals surface area contributed by atoms with Crippen LogP contribution in [-0.2, 0) is 6.61 Å². The molecule has 0 aliphatic rings. The minimum Gasteiger partial charge on any atom is -0.487 e. The molecule has 21 heavy (non-hydrogen) atoms. The smallest absolute Gasteiger partial charge is 0.132 e. The Bertz CT molecular complexity index is 590. The Morgan fingerprint density at radius 2 is 2.05 bits per heavy atom. The van der Waals surface area contributed by atoms with E-state index in [2.05, 4.69) is 18.9 Å². The summed E-state index contributed by atoms with van der Waals surface area (Å²) >= 11 is 0. The van der Waals surface area contributed by atoms with Crippen molar-refractivity contribution in [1.82, 2.24) is 9.78 Å². The monoisotopic (exact) mass is 288 g/mol. The fourth-order valence-corrected chi connectivity index (χ4v) is 2.13. The largest absolute Gasteiger partial charge is 0.487 e. The summed E-state index contributed by atoms with van der Waals surface area (Å²) in [5.41, 5.74) is 2.85. The summed E-state index contributed by atoms with van der Waals surface area (Å²) in [6.45, 7) is 8.50. The molecule has 2 rings (SSSR count). The second kappa shape index (κ2) is 6.76. The molecule has 4 nitrogen and oxygen atoms in total. The van der Waals surface area contributed by atoms with Crippen molar-refractivity contribution in [2.75, 3.05) is 0 Å². The predicted molar refractivity (Wildman–Crippen MR) is 83.4 cm³/mol. The third kappa shape index (κ3) is 3.85. The average Bonchev–Trinajstić information content (AvgIpc) is 2.93. The Morgan fingerprint density at radius 3 is 2.67 bits per heavy atom. The number of aryl methyl sites for hydroxylation is 1. The minimum atomic E-state index is -0.455. The molecule has 0 aliphatic carbocycles. The van der Waals surface area contributed by atoms with Gasteiger partial charge in [0.15, 0.2) is 0 Å². The molecule has 2 aromatic rings. The summed E-state index contributed by atoms with van der Waals surface area (Å²) in [6, 6.07) is 8.16. The standard InChI is InChI=1S/C17H24N2O2/c1-5-13(3)19-9-8-16(18-19)11-21-17-7-6-15(14(4)20)10-12(17)2/h6-10,13-14,20H,5,11H2,1-4H3. The summed E-state index contributed by atoms with van der Waals surface area (Å²) in [6.07, 6.45) is 2.60. The van der Waals surface area contributed by atoms with E-state index in [0.29, 0.717) is 12.6 Å². The van der Waals surface area contributed by atoms with Gasteiger partial charge in [-0.05, 0) is 56.5 Å². The second-order valence-corrected chi connectivity index (χ2v) is 5.53. The summed E-state index contributed by atoms with van der Waals surface area (Å²) in [5.74, 6) is 0.831. The number of aromatic nitrogens is 2. The summed E-state index contributed by atoms with van der Waals surface area (Å²) in [4.78, 5) is 0. The van der Waals surface area contributed by atoms with Gasteiger partial charge < -0.3 is 9.84 Å². The molecule has 4 heteroatoms. The van der Waals surface area contributed by atoms with Gasteiger partial charge in [-0.2, -0.15) is 5.10 Å². The molecule has 2 unspecified atom stereocenters. The molecule has 1 aromatic carbocycles. The molecule has 1 N–H and O–H groups in total. The Morgan fingerprint density at radius 1 is 1.29 bits per heavy atom. The molecule has 0 saturated carbocycles. The predicted octanol–water partition coefficient (Wildman–Crippen LogP) is 3.79. The van der Waals surface area contributed by atoms with Gasteiger partial charge in [0.25, 0.3) is 0 Å². The van der Waals surface area contributed by atoms with Crippen molar-refractivity contribution in [3.05, 3.63) is 47.3 Å². The van der Waals surface area contributed by atoms with Crippen molar-refractivity contribution in [1.29, 1.82) is 0 Å². The first kappa shape index (κ1) is 15.6. The number of aliphatic hydroxyl groups is 1. The molecular formula is C17H24N2O2. The Hall–Kier alpha value is -1.81. The van der Waals surface area contributed by atoms with E-state index < -0.39 is 6.10 Å². The number of hydrogen-bond acceptors (Lipinski definition) is 3. The van der Waals surface area contributed by atoms with Crippen LogP contribution in [0.15, 0.2) is 30.5 Å². The van der Waals surface area contributed by atoms with Crippen molar-refractivity contribution >= 4 is 0 Å². The highest BCUT2D eigenvalue weighted by Gasteiger charge is 2.08. The number of aliphatic hydroxyl groups excluding tert-OH is 1. The van der Waals surface area contributed by atoms with E-state index >= 15 is 0 Å². The van der Waals surface area contributed by atoms with Crippen LogP contribution in [0.2, 0.25) is 0 Å². The van der Waals surface area contributed by atoms with E-state index in [1.165, 1.54) is 0 Å². The maximum atomic E-state index is 9.57. The number of rotatable bonds is 6. The van der Waals surface area contributed by atoms with Crippen LogP contribution in [0.1, 0.15) is 56.2 Å². The molecule has 1 heterocycles. The molecule has 0 saturated heterocycles. The molecule has 2 atom stereocenters. The van der Waals surface area contributed by atoms with Crippen LogP contribution in [0.25, 0.3) is 0 Å². The van der Waals surface area contributed by atoms with E-state index in [1.807, 2.05) is 42.1 Å². The van der Waals surface area contributed by atoms with Gasteiger partial charge in [0, 0.05) is 12.2 Å². The van der Waals surface area contributed by atoms with Gasteiger partial charge in [-0.15, -0.1) is 0 Å². The molecule has 1 aromatic heterocycles. The van der Waals surface area contributed by atoms with Crippen LogP contribution >= 0.6 is 0 Å². The Kier molecular flexibility index (Phi) is 5.02. The molecular weight excluding hydrogens is 264 g/mol. The highest BCUT2D eigenvalue weighted by atomic mass is 16.5. The van der Waals surface area contributed by atoms with Crippen LogP contribution < -0.4 is 4.74 Å². The van der Waals surface area contributed by atoms with Gasteiger partial charge in [-0.25, -0.2) is 0 Å². The van der Waals surface area contributed by atoms with Crippen LogP contribution in [0, 0.1) is 6.92 Å². The zero-order valence-corrected chi connectivity index (χ0v) is 13.2. The summed E-state index contributed by atoms with van der Waals surface area (Å²) in [5, 5.41) is 14.1. The summed E-state index contributed by atoms with van der Waals surface area (Å²) < 4.78 is 7.80. The van der Waals surface area contributed by atoms with Crippen LogP contribution in [0.3, 0.4) is 0 Å². The molecule has 0 aliphatic heterocycles. The lowest BCUT2D eigenvalue weighted by molar-refractivity contribution is 0.199. The van der Waals surface area contributed by atoms with Crippen molar-refractivity contribution in [3.63, 3.8) is 0 Å². The second-order valence-electron chi connectivity index (χ2n) is 5.53. The zero-order chi connectivity index (χ0) is 15.4. The average molecular weight is 288 g/mol. The highest BCUT2D eigenvalue weighted by molar-refractivity contribution is 5.37. The van der Waals surface area contributed by atoms with Gasteiger partial charge in [0.1, 0.15) is 12.4 Å². The quantitative estimate of drug-likeness (QED) is 0.879. The third-order valence-electron chi connectivity index (χ3n) is 3.76. The van der Waals surface area contributed by atoms with E-state index in [-0.39, 0.29) is 0 Å². The van der Waals surface area contributed by atoms with Crippen LogP contribution in [0.4, 0.5) is 0 Å². The summed E-state index contributed by atoms with van der Waals surface area (Å²) in [7, 11) is 0. The molecule has 0 fully saturated rings. The van der Waals surface area contributed by atoms with E-state index in [4.69, 9.17) is 4.74 Å². The zero-order valence-electron chi connectivity index (χ0n) is 13.2. The first-order valence-corrected chi connectivity index (χ1v) is 7.46. The van der Waals surface area contributed by atoms with Crippen molar-refractivity contribution in [3.8, 4) is 5.75 Å². The highest BCUT2D eigenvalue weighted by Crippen LogP contribution is 2.23. The van der Waals surface area contributed by atoms with Crippen molar-refractivity contribution in [2.24, 2.45) is 0 Å². The number of nitrogens with zero attached hydrogens (tertiary/aromatic N) is 2. The Balaban J connectivity index is 2.01. The van der Waals surface area contributed by atoms with E-state index in [0.717, 1.165) is 29.0 Å². The third-order valence-corrected chi connectivity index (χ3v) is 3.76. The lowest BCUT2D eigenvalue weighted by Gasteiger charge is -2.11. The van der Waals surface area contributed by atoms with Gasteiger partial charge in [0.05, 0.1) is 11.8 Å². The van der Waals surface area contributed by atoms with E-state index in [9.17, 15) is 5.11 Å². The van der Waals surface area contributed by atoms with Crippen LogP contribution in [-0.4, -0.2) is 14.9 Å². The number of ether oxygens (including phenoxy) is 1. The topological polar surface area (TPSA) is 47.3 Å². The van der Waals surface area contributed by atoms with Gasteiger partial charge in [-0.1, -0.05) is 13.0 Å². The normalized spacial score (nSPS) is 14.0. The fraction of sp³-hybridized carbons (Fsp3) is 0.471. The Labute approximate surface area is 126 Å². The van der Waals surface area contributed by atoms with Gasteiger partial charge in [0.2, 0.25) is 0 Å². The minimum absolute atomic E-state index is 0.408. The van der Waals surface area contributed by atoms with Gasteiger partial charge in [-0.3, -0.25) is 4.68 Å².